The van der Waals surface area contributed by atoms with E-state index in [-0.39, 0.29) is 0 Å². The van der Waals surface area contributed by atoms with Crippen molar-refractivity contribution in [2.45, 2.75) is 39.2 Å². The smallest absolute Gasteiger partial charge is 0.136 e. The lowest BCUT2D eigenvalue weighted by Gasteiger charge is -2.10. The van der Waals surface area contributed by atoms with E-state index in [2.05, 4.69) is 20.3 Å². The Balaban J connectivity index is 1.79. The van der Waals surface area contributed by atoms with E-state index in [1.807, 2.05) is 19.2 Å². The lowest BCUT2D eigenvalue weighted by molar-refractivity contribution is 0.915. The Labute approximate surface area is 116 Å². The molecule has 0 amide bonds. The molecule has 5 nitrogen and oxygen atoms in total. The highest BCUT2D eigenvalue weighted by atomic mass is 32.1. The monoisotopic (exact) mass is 275 g/mol. The molecule has 1 aliphatic rings. The van der Waals surface area contributed by atoms with E-state index in [1.54, 1.807) is 11.3 Å². The number of thiazole rings is 1. The normalized spacial score (nSPS) is 14.6. The maximum absolute atomic E-state index is 5.96. The van der Waals surface area contributed by atoms with E-state index in [0.717, 1.165) is 27.9 Å². The lowest BCUT2D eigenvalue weighted by atomic mass is 10.3. The van der Waals surface area contributed by atoms with Crippen molar-refractivity contribution >= 4 is 23.0 Å². The Kier molecular flexibility index (Phi) is 3.10. The predicted octanol–water partition coefficient (Wildman–Crippen LogP) is 2.62. The fourth-order valence-electron chi connectivity index (χ4n) is 1.89. The molecule has 19 heavy (non-hydrogen) atoms. The van der Waals surface area contributed by atoms with Crippen LogP contribution in [0.15, 0.2) is 5.38 Å². The Morgan fingerprint density at radius 1 is 1.32 bits per heavy atom. The number of nitrogen functional groups attached to an aromatic ring is 1. The summed E-state index contributed by atoms with van der Waals surface area (Å²) in [6, 6.07) is 0. The molecule has 2 aromatic rings. The molecule has 100 valence electrons. The van der Waals surface area contributed by atoms with Gasteiger partial charge in [-0.2, -0.15) is 0 Å². The van der Waals surface area contributed by atoms with Gasteiger partial charge in [-0.3, -0.25) is 0 Å². The molecule has 0 bridgehead atoms. The summed E-state index contributed by atoms with van der Waals surface area (Å²) in [6.45, 7) is 4.63. The topological polar surface area (TPSA) is 76.7 Å². The molecule has 1 fully saturated rings. The minimum absolute atomic E-state index is 0.505. The van der Waals surface area contributed by atoms with Crippen molar-refractivity contribution in [3.63, 3.8) is 0 Å². The van der Waals surface area contributed by atoms with E-state index in [4.69, 9.17) is 5.73 Å². The Morgan fingerprint density at radius 3 is 2.74 bits per heavy atom. The number of aromatic nitrogens is 3. The molecule has 2 aromatic heterocycles. The standard InChI is InChI=1S/C13H17N5S/c1-7-6-19-10(16-7)5-15-12-8(2)11(14)17-13(18-12)9-3-4-9/h6,9H,3-5H2,1-2H3,(H3,14,15,17,18). The van der Waals surface area contributed by atoms with Crippen LogP contribution in [0.2, 0.25) is 0 Å². The lowest BCUT2D eigenvalue weighted by Crippen LogP contribution is -2.09. The number of anilines is 2. The highest BCUT2D eigenvalue weighted by Gasteiger charge is 2.27. The molecule has 3 rings (SSSR count). The first-order valence-corrected chi connectivity index (χ1v) is 7.30. The van der Waals surface area contributed by atoms with Gasteiger partial charge in [-0.1, -0.05) is 0 Å². The molecule has 2 heterocycles. The first-order chi connectivity index (χ1) is 9.13. The van der Waals surface area contributed by atoms with Crippen LogP contribution in [0.5, 0.6) is 0 Å². The van der Waals surface area contributed by atoms with Gasteiger partial charge in [-0.15, -0.1) is 11.3 Å². The van der Waals surface area contributed by atoms with Gasteiger partial charge in [0.15, 0.2) is 0 Å². The molecule has 0 aliphatic heterocycles. The third-order valence-electron chi connectivity index (χ3n) is 3.22. The molecule has 0 saturated heterocycles. The fraction of sp³-hybridized carbons (Fsp3) is 0.462. The van der Waals surface area contributed by atoms with Gasteiger partial charge in [0.2, 0.25) is 0 Å². The second kappa shape index (κ2) is 4.77. The SMILES string of the molecule is Cc1csc(CNc2nc(C3CC3)nc(N)c2C)n1. The summed E-state index contributed by atoms with van der Waals surface area (Å²) in [5.74, 6) is 2.79. The van der Waals surface area contributed by atoms with Crippen molar-refractivity contribution in [2.24, 2.45) is 0 Å². The Bertz CT molecular complexity index is 603. The van der Waals surface area contributed by atoms with Crippen LogP contribution in [0, 0.1) is 13.8 Å². The number of rotatable bonds is 4. The van der Waals surface area contributed by atoms with Crippen molar-refractivity contribution in [1.82, 2.24) is 15.0 Å². The molecular formula is C13H17N5S. The zero-order valence-electron chi connectivity index (χ0n) is 11.1. The second-order valence-electron chi connectivity index (χ2n) is 4.95. The van der Waals surface area contributed by atoms with Crippen LogP contribution in [-0.4, -0.2) is 15.0 Å². The molecule has 0 unspecified atom stereocenters. The van der Waals surface area contributed by atoms with Gasteiger partial charge in [0.1, 0.15) is 22.5 Å². The molecule has 1 aliphatic carbocycles. The first kappa shape index (κ1) is 12.3. The summed E-state index contributed by atoms with van der Waals surface area (Å²) < 4.78 is 0. The van der Waals surface area contributed by atoms with Gasteiger partial charge < -0.3 is 11.1 Å². The van der Waals surface area contributed by atoms with Gasteiger partial charge in [-0.05, 0) is 26.7 Å². The van der Waals surface area contributed by atoms with Gasteiger partial charge in [0, 0.05) is 22.6 Å². The number of nitrogens with two attached hydrogens (primary N) is 1. The second-order valence-corrected chi connectivity index (χ2v) is 5.89. The quantitative estimate of drug-likeness (QED) is 0.897. The first-order valence-electron chi connectivity index (χ1n) is 6.42. The summed E-state index contributed by atoms with van der Waals surface area (Å²) in [4.78, 5) is 13.4. The minimum atomic E-state index is 0.505. The summed E-state index contributed by atoms with van der Waals surface area (Å²) in [7, 11) is 0. The van der Waals surface area contributed by atoms with Crippen LogP contribution >= 0.6 is 11.3 Å². The van der Waals surface area contributed by atoms with Gasteiger partial charge in [-0.25, -0.2) is 15.0 Å². The van der Waals surface area contributed by atoms with E-state index >= 15 is 0 Å². The third-order valence-corrected chi connectivity index (χ3v) is 4.18. The van der Waals surface area contributed by atoms with Crippen molar-refractivity contribution < 1.29 is 0 Å². The van der Waals surface area contributed by atoms with Crippen LogP contribution in [0.1, 0.15) is 40.8 Å². The van der Waals surface area contributed by atoms with Crippen molar-refractivity contribution in [1.29, 1.82) is 0 Å². The van der Waals surface area contributed by atoms with E-state index in [9.17, 15) is 0 Å². The molecule has 0 radical (unpaired) electrons. The van der Waals surface area contributed by atoms with Crippen LogP contribution in [0.25, 0.3) is 0 Å². The van der Waals surface area contributed by atoms with E-state index < -0.39 is 0 Å². The zero-order chi connectivity index (χ0) is 13.4. The summed E-state index contributed by atoms with van der Waals surface area (Å²) in [5.41, 5.74) is 7.93. The van der Waals surface area contributed by atoms with E-state index in [1.165, 1.54) is 12.8 Å². The van der Waals surface area contributed by atoms with Gasteiger partial charge in [0.25, 0.3) is 0 Å². The van der Waals surface area contributed by atoms with Crippen LogP contribution in [0.3, 0.4) is 0 Å². The highest BCUT2D eigenvalue weighted by molar-refractivity contribution is 7.09. The fourth-order valence-corrected chi connectivity index (χ4v) is 2.60. The number of hydrogen-bond acceptors (Lipinski definition) is 6. The highest BCUT2D eigenvalue weighted by Crippen LogP contribution is 2.39. The van der Waals surface area contributed by atoms with Crippen molar-refractivity contribution in [3.05, 3.63) is 27.5 Å². The number of hydrogen-bond donors (Lipinski definition) is 2. The van der Waals surface area contributed by atoms with Crippen LogP contribution in [0.4, 0.5) is 11.6 Å². The van der Waals surface area contributed by atoms with Crippen molar-refractivity contribution in [3.8, 4) is 0 Å². The molecule has 1 saturated carbocycles. The number of nitrogens with zero attached hydrogens (tertiary/aromatic N) is 3. The third kappa shape index (κ3) is 2.68. The number of nitrogens with one attached hydrogen (secondary N) is 1. The maximum atomic E-state index is 5.96. The molecule has 3 N–H and O–H groups in total. The van der Waals surface area contributed by atoms with Crippen LogP contribution < -0.4 is 11.1 Å². The molecule has 0 atom stereocenters. The largest absolute Gasteiger partial charge is 0.383 e. The van der Waals surface area contributed by atoms with Crippen LogP contribution in [-0.2, 0) is 6.54 Å². The zero-order valence-corrected chi connectivity index (χ0v) is 11.9. The molecule has 0 aromatic carbocycles. The number of aryl methyl sites for hydroxylation is 1. The molecule has 0 spiro atoms. The molecular weight excluding hydrogens is 258 g/mol. The molecule has 6 heteroatoms. The summed E-state index contributed by atoms with van der Waals surface area (Å²) in [5, 5.41) is 6.43. The van der Waals surface area contributed by atoms with Crippen molar-refractivity contribution in [2.75, 3.05) is 11.1 Å². The van der Waals surface area contributed by atoms with Gasteiger partial charge >= 0.3 is 0 Å². The maximum Gasteiger partial charge on any atom is 0.136 e. The van der Waals surface area contributed by atoms with E-state index in [0.29, 0.717) is 18.3 Å². The average Bonchev–Trinajstić information content (AvgIpc) is 3.15. The average molecular weight is 275 g/mol. The van der Waals surface area contributed by atoms with Gasteiger partial charge in [0.05, 0.1) is 6.54 Å². The minimum Gasteiger partial charge on any atom is -0.383 e. The summed E-state index contributed by atoms with van der Waals surface area (Å²) in [6.07, 6.45) is 2.35. The summed E-state index contributed by atoms with van der Waals surface area (Å²) >= 11 is 1.65. The predicted molar refractivity (Wildman–Crippen MR) is 77.3 cm³/mol. The Morgan fingerprint density at radius 2 is 2.11 bits per heavy atom. The Hall–Kier alpha value is -1.69.